The van der Waals surface area contributed by atoms with Crippen LogP contribution in [0.4, 0.5) is 5.13 Å². The molecule has 2 aromatic heterocycles. The van der Waals surface area contributed by atoms with Crippen LogP contribution in [0.25, 0.3) is 11.3 Å². The van der Waals surface area contributed by atoms with E-state index in [1.165, 1.54) is 29.0 Å². The number of nitrogens with one attached hydrogen (secondary N) is 2. The molecule has 25 heavy (non-hydrogen) atoms. The zero-order chi connectivity index (χ0) is 17.8. The lowest BCUT2D eigenvalue weighted by molar-refractivity contribution is 0.102. The quantitative estimate of drug-likeness (QED) is 0.735. The molecule has 7 heteroatoms. The van der Waals surface area contributed by atoms with E-state index in [9.17, 15) is 9.59 Å². The number of hydrogen-bond acceptors (Lipinski definition) is 5. The number of aromatic amines is 1. The minimum absolute atomic E-state index is 0.137. The van der Waals surface area contributed by atoms with Gasteiger partial charge in [-0.3, -0.25) is 14.9 Å². The van der Waals surface area contributed by atoms with Gasteiger partial charge in [0, 0.05) is 16.5 Å². The van der Waals surface area contributed by atoms with Gasteiger partial charge in [0.05, 0.1) is 5.69 Å². The monoisotopic (exact) mass is 354 g/mol. The van der Waals surface area contributed by atoms with Crippen LogP contribution in [-0.4, -0.2) is 21.1 Å². The van der Waals surface area contributed by atoms with E-state index in [1.54, 1.807) is 0 Å². The highest BCUT2D eigenvalue weighted by Crippen LogP contribution is 2.30. The number of aryl methyl sites for hydroxylation is 2. The van der Waals surface area contributed by atoms with Crippen LogP contribution in [0.2, 0.25) is 0 Å². The van der Waals surface area contributed by atoms with E-state index in [1.807, 2.05) is 6.92 Å². The maximum Gasteiger partial charge on any atom is 0.277 e. The second-order valence-electron chi connectivity index (χ2n) is 5.63. The highest BCUT2D eigenvalue weighted by atomic mass is 32.1. The van der Waals surface area contributed by atoms with Gasteiger partial charge in [0.25, 0.3) is 11.5 Å². The zero-order valence-corrected chi connectivity index (χ0v) is 14.8. The number of carbonyl (C=O) groups is 1. The summed E-state index contributed by atoms with van der Waals surface area (Å²) in [6.45, 7) is 4.13. The minimum atomic E-state index is -0.408. The van der Waals surface area contributed by atoms with Crippen molar-refractivity contribution in [2.24, 2.45) is 0 Å². The van der Waals surface area contributed by atoms with Crippen molar-refractivity contribution >= 4 is 22.4 Å². The summed E-state index contributed by atoms with van der Waals surface area (Å²) >= 11 is 1.41. The third-order valence-corrected chi connectivity index (χ3v) is 4.58. The Kier molecular flexibility index (Phi) is 5.04. The Bertz CT molecular complexity index is 924. The molecular weight excluding hydrogens is 336 g/mol. The van der Waals surface area contributed by atoms with Gasteiger partial charge in [-0.25, -0.2) is 10.1 Å². The summed E-state index contributed by atoms with van der Waals surface area (Å²) in [6, 6.07) is 11.0. The first-order valence-corrected chi connectivity index (χ1v) is 8.82. The number of aromatic nitrogens is 3. The summed E-state index contributed by atoms with van der Waals surface area (Å²) in [6.07, 6.45) is 2.17. The number of anilines is 1. The number of amides is 1. The van der Waals surface area contributed by atoms with Crippen LogP contribution in [0.1, 0.15) is 34.3 Å². The van der Waals surface area contributed by atoms with Crippen LogP contribution in [0.3, 0.4) is 0 Å². The van der Waals surface area contributed by atoms with Crippen molar-refractivity contribution in [3.8, 4) is 11.3 Å². The van der Waals surface area contributed by atoms with E-state index in [0.717, 1.165) is 29.0 Å². The Morgan fingerprint density at radius 1 is 1.20 bits per heavy atom. The molecule has 0 unspecified atom stereocenters. The maximum atomic E-state index is 12.2. The number of H-pyrrole nitrogens is 1. The van der Waals surface area contributed by atoms with Crippen LogP contribution in [0.5, 0.6) is 0 Å². The second-order valence-corrected chi connectivity index (χ2v) is 6.83. The predicted molar refractivity (Wildman–Crippen MR) is 99.1 cm³/mol. The van der Waals surface area contributed by atoms with Gasteiger partial charge in [-0.15, -0.1) is 11.3 Å². The van der Waals surface area contributed by atoms with Crippen molar-refractivity contribution in [2.45, 2.75) is 26.7 Å². The topological polar surface area (TPSA) is 87.7 Å². The second kappa shape index (κ2) is 7.40. The molecular formula is C18H18N4O2S. The number of nitrogens with zero attached hydrogens (tertiary/aromatic N) is 2. The molecule has 0 atom stereocenters. The van der Waals surface area contributed by atoms with Gasteiger partial charge in [-0.1, -0.05) is 37.6 Å². The molecule has 2 N–H and O–H groups in total. The average Bonchev–Trinajstić information content (AvgIpc) is 2.96. The summed E-state index contributed by atoms with van der Waals surface area (Å²) in [4.78, 5) is 28.7. The highest BCUT2D eigenvalue weighted by molar-refractivity contribution is 7.16. The van der Waals surface area contributed by atoms with Gasteiger partial charge in [0.2, 0.25) is 0 Å². The Labute approximate surface area is 149 Å². The number of carbonyl (C=O) groups excluding carboxylic acids is 1. The van der Waals surface area contributed by atoms with E-state index in [4.69, 9.17) is 0 Å². The molecule has 1 amide bonds. The normalized spacial score (nSPS) is 10.6. The number of hydrogen-bond donors (Lipinski definition) is 2. The first-order valence-electron chi connectivity index (χ1n) is 8.00. The lowest BCUT2D eigenvalue weighted by Crippen LogP contribution is -2.17. The van der Waals surface area contributed by atoms with Crippen LogP contribution < -0.4 is 10.9 Å². The molecule has 0 fully saturated rings. The van der Waals surface area contributed by atoms with E-state index >= 15 is 0 Å². The third kappa shape index (κ3) is 4.00. The fourth-order valence-corrected chi connectivity index (χ4v) is 3.30. The van der Waals surface area contributed by atoms with Gasteiger partial charge in [0.1, 0.15) is 5.69 Å². The molecule has 2 heterocycles. The predicted octanol–water partition coefficient (Wildman–Crippen LogP) is 3.41. The molecule has 0 bridgehead atoms. The molecule has 0 aliphatic carbocycles. The van der Waals surface area contributed by atoms with Crippen molar-refractivity contribution < 1.29 is 4.79 Å². The molecule has 3 aromatic rings. The van der Waals surface area contributed by atoms with Crippen LogP contribution in [0, 0.1) is 6.92 Å². The molecule has 0 aliphatic heterocycles. The first-order chi connectivity index (χ1) is 12.1. The van der Waals surface area contributed by atoms with Gasteiger partial charge in [-0.2, -0.15) is 5.10 Å². The van der Waals surface area contributed by atoms with E-state index in [-0.39, 0.29) is 11.3 Å². The highest BCUT2D eigenvalue weighted by Gasteiger charge is 2.14. The smallest absolute Gasteiger partial charge is 0.277 e. The molecule has 0 saturated carbocycles. The van der Waals surface area contributed by atoms with Gasteiger partial charge >= 0.3 is 0 Å². The Morgan fingerprint density at radius 3 is 2.60 bits per heavy atom. The zero-order valence-electron chi connectivity index (χ0n) is 14.0. The Hall–Kier alpha value is -2.80. The first kappa shape index (κ1) is 17.0. The standard InChI is InChI=1S/C18H18N4O2S/c1-3-4-12-5-7-13(8-6-12)16-11(2)25-18(19-16)20-17(24)14-9-10-15(23)22-21-14/h5-10H,3-4H2,1-2H3,(H,22,23)(H,19,20,24). The number of rotatable bonds is 5. The van der Waals surface area contributed by atoms with Crippen molar-refractivity contribution in [3.63, 3.8) is 0 Å². The molecule has 3 rings (SSSR count). The number of thiazole rings is 1. The molecule has 1 aromatic carbocycles. The van der Waals surface area contributed by atoms with E-state index in [0.29, 0.717) is 5.13 Å². The Balaban J connectivity index is 1.78. The van der Waals surface area contributed by atoms with Crippen LogP contribution >= 0.6 is 11.3 Å². The van der Waals surface area contributed by atoms with Gasteiger partial charge in [-0.05, 0) is 25.0 Å². The summed E-state index contributed by atoms with van der Waals surface area (Å²) in [7, 11) is 0. The summed E-state index contributed by atoms with van der Waals surface area (Å²) in [5.41, 5.74) is 2.97. The van der Waals surface area contributed by atoms with Crippen molar-refractivity contribution in [3.05, 3.63) is 62.9 Å². The SMILES string of the molecule is CCCc1ccc(-c2nc(NC(=O)c3ccc(=O)[nH]n3)sc2C)cc1. The molecule has 0 saturated heterocycles. The maximum absolute atomic E-state index is 12.2. The van der Waals surface area contributed by atoms with Gasteiger partial charge in [0.15, 0.2) is 5.13 Å². The van der Waals surface area contributed by atoms with Gasteiger partial charge < -0.3 is 0 Å². The van der Waals surface area contributed by atoms with Crippen LogP contribution in [0.15, 0.2) is 41.2 Å². The average molecular weight is 354 g/mol. The minimum Gasteiger partial charge on any atom is -0.296 e. The largest absolute Gasteiger partial charge is 0.296 e. The molecule has 0 radical (unpaired) electrons. The summed E-state index contributed by atoms with van der Waals surface area (Å²) in [5, 5.41) is 9.18. The Morgan fingerprint density at radius 2 is 1.96 bits per heavy atom. The fourth-order valence-electron chi connectivity index (χ4n) is 2.47. The lowest BCUT2D eigenvalue weighted by atomic mass is 10.1. The fraction of sp³-hybridized carbons (Fsp3) is 0.222. The van der Waals surface area contributed by atoms with Crippen LogP contribution in [-0.2, 0) is 6.42 Å². The molecule has 0 aliphatic rings. The van der Waals surface area contributed by atoms with E-state index in [2.05, 4.69) is 51.7 Å². The third-order valence-electron chi connectivity index (χ3n) is 3.69. The molecule has 6 nitrogen and oxygen atoms in total. The molecule has 128 valence electrons. The summed E-state index contributed by atoms with van der Waals surface area (Å²) in [5.74, 6) is -0.408. The van der Waals surface area contributed by atoms with Crippen molar-refractivity contribution in [2.75, 3.05) is 5.32 Å². The van der Waals surface area contributed by atoms with Crippen molar-refractivity contribution in [1.29, 1.82) is 0 Å². The lowest BCUT2D eigenvalue weighted by Gasteiger charge is -2.02. The summed E-state index contributed by atoms with van der Waals surface area (Å²) < 4.78 is 0. The van der Waals surface area contributed by atoms with Crippen molar-refractivity contribution in [1.82, 2.24) is 15.2 Å². The molecule has 0 spiro atoms. The number of benzene rings is 1. The van der Waals surface area contributed by atoms with E-state index < -0.39 is 5.91 Å².